The summed E-state index contributed by atoms with van der Waals surface area (Å²) in [5, 5.41) is 0. The van der Waals surface area contributed by atoms with Gasteiger partial charge in [0.1, 0.15) is 13.2 Å². The van der Waals surface area contributed by atoms with Gasteiger partial charge in [0.05, 0.1) is 0 Å². The Hall–Kier alpha value is -1.59. The molecule has 0 saturated heterocycles. The molecule has 0 amide bonds. The van der Waals surface area contributed by atoms with E-state index in [1.165, 1.54) is 225 Å². The summed E-state index contributed by atoms with van der Waals surface area (Å²) in [7, 11) is 0. The zero-order valence-corrected chi connectivity index (χ0v) is 45.3. The van der Waals surface area contributed by atoms with E-state index in [-0.39, 0.29) is 31.1 Å². The molecule has 1 unspecified atom stereocenters. The van der Waals surface area contributed by atoms with Crippen LogP contribution in [0.15, 0.2) is 0 Å². The number of carbonyl (C=O) groups excluding carboxylic acids is 3. The quantitative estimate of drug-likeness (QED) is 0.0343. The van der Waals surface area contributed by atoms with Gasteiger partial charge in [-0.2, -0.15) is 0 Å². The molecule has 0 N–H and O–H groups in total. The van der Waals surface area contributed by atoms with Gasteiger partial charge in [-0.3, -0.25) is 14.4 Å². The Kier molecular flexibility index (Phi) is 51.5. The second-order valence-corrected chi connectivity index (χ2v) is 21.4. The summed E-state index contributed by atoms with van der Waals surface area (Å²) in [6.07, 6.45) is 56.6. The highest BCUT2D eigenvalue weighted by molar-refractivity contribution is 5.71. The number of carbonyl (C=O) groups is 3. The number of unbranched alkanes of at least 4 members (excludes halogenated alkanes) is 38. The number of hydrogen-bond acceptors (Lipinski definition) is 6. The number of esters is 3. The Morgan fingerprint density at radius 3 is 0.864 bits per heavy atom. The smallest absolute Gasteiger partial charge is 0.306 e. The average molecular weight is 934 g/mol. The topological polar surface area (TPSA) is 78.9 Å². The molecule has 0 aliphatic carbocycles. The summed E-state index contributed by atoms with van der Waals surface area (Å²) in [6, 6.07) is 0. The molecule has 0 fully saturated rings. The van der Waals surface area contributed by atoms with Crippen LogP contribution in [0.25, 0.3) is 0 Å². The van der Waals surface area contributed by atoms with Gasteiger partial charge < -0.3 is 14.2 Å². The Bertz CT molecular complexity index is 1010. The van der Waals surface area contributed by atoms with E-state index < -0.39 is 6.10 Å². The van der Waals surface area contributed by atoms with Crippen LogP contribution in [0.5, 0.6) is 0 Å². The lowest BCUT2D eigenvalue weighted by molar-refractivity contribution is -0.167. The standard InChI is InChI=1S/C60H116O6/c1-6-8-9-10-11-12-13-14-15-16-17-18-21-24-30-35-40-45-50-58(61)64-53-57(66-60(63)52-47-42-37-32-27-26-29-34-39-44-49-56(5)7-2)54-65-59(62)51-46-41-36-31-25-22-19-20-23-28-33-38-43-48-55(3)4/h55-57H,6-54H2,1-5H3/t56?,57-/m1/s1. The zero-order valence-electron chi connectivity index (χ0n) is 45.3. The van der Waals surface area contributed by atoms with Crippen LogP contribution in [-0.2, 0) is 28.6 Å². The molecule has 0 aromatic carbocycles. The fraction of sp³-hybridized carbons (Fsp3) is 0.950. The maximum Gasteiger partial charge on any atom is 0.306 e. The van der Waals surface area contributed by atoms with Crippen molar-refractivity contribution >= 4 is 17.9 Å². The predicted octanol–water partition coefficient (Wildman–Crippen LogP) is 19.7. The molecule has 0 aromatic heterocycles. The highest BCUT2D eigenvalue weighted by atomic mass is 16.6. The molecule has 392 valence electrons. The van der Waals surface area contributed by atoms with Gasteiger partial charge in [-0.1, -0.05) is 298 Å². The van der Waals surface area contributed by atoms with Gasteiger partial charge in [0.25, 0.3) is 0 Å². The fourth-order valence-corrected chi connectivity index (χ4v) is 9.20. The molecule has 0 rings (SSSR count). The summed E-state index contributed by atoms with van der Waals surface area (Å²) in [6.45, 7) is 11.4. The normalized spacial score (nSPS) is 12.5. The summed E-state index contributed by atoms with van der Waals surface area (Å²) in [4.78, 5) is 38.2. The summed E-state index contributed by atoms with van der Waals surface area (Å²) < 4.78 is 16.9. The molecule has 0 saturated carbocycles. The van der Waals surface area contributed by atoms with Gasteiger partial charge in [0, 0.05) is 19.3 Å². The molecule has 0 heterocycles. The molecular formula is C60H116O6. The van der Waals surface area contributed by atoms with Gasteiger partial charge in [-0.05, 0) is 31.1 Å². The molecule has 66 heavy (non-hydrogen) atoms. The third-order valence-corrected chi connectivity index (χ3v) is 14.1. The Morgan fingerprint density at radius 2 is 0.576 bits per heavy atom. The van der Waals surface area contributed by atoms with Crippen molar-refractivity contribution in [3.8, 4) is 0 Å². The summed E-state index contributed by atoms with van der Waals surface area (Å²) in [5.74, 6) is 0.869. The van der Waals surface area contributed by atoms with Crippen LogP contribution in [-0.4, -0.2) is 37.2 Å². The van der Waals surface area contributed by atoms with Crippen LogP contribution >= 0.6 is 0 Å². The minimum absolute atomic E-state index is 0.0627. The first-order chi connectivity index (χ1) is 32.3. The molecule has 6 nitrogen and oxygen atoms in total. The number of ether oxygens (including phenoxy) is 3. The van der Waals surface area contributed by atoms with Crippen molar-refractivity contribution in [1.82, 2.24) is 0 Å². The van der Waals surface area contributed by atoms with E-state index in [9.17, 15) is 14.4 Å². The molecule has 0 radical (unpaired) electrons. The maximum atomic E-state index is 12.9. The van der Waals surface area contributed by atoms with E-state index in [0.29, 0.717) is 19.3 Å². The molecule has 6 heteroatoms. The van der Waals surface area contributed by atoms with Crippen molar-refractivity contribution in [1.29, 1.82) is 0 Å². The van der Waals surface area contributed by atoms with Gasteiger partial charge in [0.15, 0.2) is 6.10 Å². The molecular weight excluding hydrogens is 817 g/mol. The molecule has 0 aromatic rings. The number of hydrogen-bond donors (Lipinski definition) is 0. The van der Waals surface area contributed by atoms with Gasteiger partial charge in [0.2, 0.25) is 0 Å². The fourth-order valence-electron chi connectivity index (χ4n) is 9.20. The third kappa shape index (κ3) is 51.8. The second-order valence-electron chi connectivity index (χ2n) is 21.4. The summed E-state index contributed by atoms with van der Waals surface area (Å²) in [5.41, 5.74) is 0. The monoisotopic (exact) mass is 933 g/mol. The lowest BCUT2D eigenvalue weighted by atomic mass is 9.99. The third-order valence-electron chi connectivity index (χ3n) is 14.1. The van der Waals surface area contributed by atoms with Crippen LogP contribution in [0.1, 0.15) is 336 Å². The maximum absolute atomic E-state index is 12.9. The second kappa shape index (κ2) is 52.8. The zero-order chi connectivity index (χ0) is 48.2. The first kappa shape index (κ1) is 64.4. The van der Waals surface area contributed by atoms with Crippen molar-refractivity contribution in [2.45, 2.75) is 343 Å². The number of rotatable bonds is 54. The van der Waals surface area contributed by atoms with Crippen LogP contribution in [0.2, 0.25) is 0 Å². The molecule has 0 bridgehead atoms. The van der Waals surface area contributed by atoms with Crippen LogP contribution in [0.3, 0.4) is 0 Å². The van der Waals surface area contributed by atoms with E-state index in [1.54, 1.807) is 0 Å². The van der Waals surface area contributed by atoms with E-state index >= 15 is 0 Å². The Labute approximate surface area is 412 Å². The van der Waals surface area contributed by atoms with Gasteiger partial charge in [-0.15, -0.1) is 0 Å². The largest absolute Gasteiger partial charge is 0.462 e. The highest BCUT2D eigenvalue weighted by Gasteiger charge is 2.19. The van der Waals surface area contributed by atoms with Gasteiger partial charge >= 0.3 is 17.9 Å². The van der Waals surface area contributed by atoms with Gasteiger partial charge in [-0.25, -0.2) is 0 Å². The van der Waals surface area contributed by atoms with Crippen molar-refractivity contribution in [2.24, 2.45) is 11.8 Å². The van der Waals surface area contributed by atoms with E-state index in [2.05, 4.69) is 34.6 Å². The first-order valence-electron chi connectivity index (χ1n) is 29.8. The molecule has 2 atom stereocenters. The van der Waals surface area contributed by atoms with Crippen LogP contribution in [0.4, 0.5) is 0 Å². The van der Waals surface area contributed by atoms with E-state index in [4.69, 9.17) is 14.2 Å². The Balaban J connectivity index is 4.29. The minimum atomic E-state index is -0.763. The SMILES string of the molecule is CCCCCCCCCCCCCCCCCCCCC(=O)OC[C@H](COC(=O)CCCCCCCCCCCCCCCC(C)C)OC(=O)CCCCCCCCCCCCC(C)CC. The van der Waals surface area contributed by atoms with E-state index in [0.717, 1.165) is 69.6 Å². The minimum Gasteiger partial charge on any atom is -0.462 e. The molecule has 0 spiro atoms. The molecule has 0 aliphatic heterocycles. The lowest BCUT2D eigenvalue weighted by Gasteiger charge is -2.18. The molecule has 0 aliphatic rings. The van der Waals surface area contributed by atoms with E-state index in [1.807, 2.05) is 0 Å². The lowest BCUT2D eigenvalue weighted by Crippen LogP contribution is -2.30. The average Bonchev–Trinajstić information content (AvgIpc) is 3.30. The van der Waals surface area contributed by atoms with Crippen LogP contribution < -0.4 is 0 Å². The van der Waals surface area contributed by atoms with Crippen molar-refractivity contribution in [3.63, 3.8) is 0 Å². The Morgan fingerprint density at radius 1 is 0.318 bits per heavy atom. The summed E-state index contributed by atoms with van der Waals surface area (Å²) >= 11 is 0. The van der Waals surface area contributed by atoms with Crippen molar-refractivity contribution < 1.29 is 28.6 Å². The highest BCUT2D eigenvalue weighted by Crippen LogP contribution is 2.19. The van der Waals surface area contributed by atoms with Crippen molar-refractivity contribution in [2.75, 3.05) is 13.2 Å². The van der Waals surface area contributed by atoms with Crippen molar-refractivity contribution in [3.05, 3.63) is 0 Å². The first-order valence-corrected chi connectivity index (χ1v) is 29.8. The van der Waals surface area contributed by atoms with Crippen LogP contribution in [0, 0.1) is 11.8 Å². The predicted molar refractivity (Wildman–Crippen MR) is 284 cm³/mol.